The second-order valence-corrected chi connectivity index (χ2v) is 6.12. The zero-order chi connectivity index (χ0) is 19.1. The van der Waals surface area contributed by atoms with Crippen LogP contribution in [0, 0.1) is 6.92 Å². The third-order valence-electron chi connectivity index (χ3n) is 3.89. The summed E-state index contributed by atoms with van der Waals surface area (Å²) in [7, 11) is 0. The number of nitrogens with two attached hydrogens (primary N) is 1. The molecule has 9 heteroatoms. The van der Waals surface area contributed by atoms with E-state index >= 15 is 0 Å². The van der Waals surface area contributed by atoms with Crippen molar-refractivity contribution >= 4 is 11.6 Å². The molecule has 0 amide bonds. The van der Waals surface area contributed by atoms with E-state index in [0.29, 0.717) is 10.6 Å². The summed E-state index contributed by atoms with van der Waals surface area (Å²) in [6.07, 6.45) is -4.46. The molecule has 0 spiro atoms. The van der Waals surface area contributed by atoms with E-state index in [4.69, 9.17) is 17.3 Å². The molecule has 1 heterocycles. The zero-order valence-electron chi connectivity index (χ0n) is 13.6. The number of halogens is 4. The number of hydrogen-bond donors (Lipinski definition) is 2. The minimum absolute atomic E-state index is 0.203. The highest BCUT2D eigenvalue weighted by molar-refractivity contribution is 6.33. The maximum atomic E-state index is 12.8. The van der Waals surface area contributed by atoms with Crippen molar-refractivity contribution in [2.75, 3.05) is 0 Å². The Morgan fingerprint density at radius 2 is 1.96 bits per heavy atom. The van der Waals surface area contributed by atoms with Crippen LogP contribution in [0.15, 0.2) is 41.2 Å². The van der Waals surface area contributed by atoms with Gasteiger partial charge in [0.05, 0.1) is 16.3 Å². The summed E-state index contributed by atoms with van der Waals surface area (Å²) in [6.45, 7) is 1.76. The quantitative estimate of drug-likeness (QED) is 0.725. The number of H-pyrrole nitrogens is 1. The molecule has 0 bridgehead atoms. The van der Waals surface area contributed by atoms with Crippen molar-refractivity contribution in [1.82, 2.24) is 14.8 Å². The van der Waals surface area contributed by atoms with Gasteiger partial charge in [-0.15, -0.1) is 5.10 Å². The Kier molecular flexibility index (Phi) is 4.64. The van der Waals surface area contributed by atoms with Crippen LogP contribution in [0.25, 0.3) is 17.1 Å². The van der Waals surface area contributed by atoms with E-state index in [-0.39, 0.29) is 23.6 Å². The number of nitrogens with one attached hydrogen (secondary N) is 1. The minimum atomic E-state index is -4.46. The van der Waals surface area contributed by atoms with Crippen molar-refractivity contribution in [3.63, 3.8) is 0 Å². The van der Waals surface area contributed by atoms with Gasteiger partial charge in [-0.05, 0) is 48.4 Å². The Labute approximate surface area is 151 Å². The number of benzene rings is 2. The van der Waals surface area contributed by atoms with Crippen LogP contribution < -0.4 is 11.4 Å². The fourth-order valence-electron chi connectivity index (χ4n) is 2.56. The van der Waals surface area contributed by atoms with Crippen molar-refractivity contribution in [3.05, 3.63) is 68.6 Å². The Bertz CT molecular complexity index is 1020. The van der Waals surface area contributed by atoms with Gasteiger partial charge < -0.3 is 5.73 Å². The molecular formula is C17H14ClF3N4O. The highest BCUT2D eigenvalue weighted by Crippen LogP contribution is 2.31. The molecule has 3 rings (SSSR count). The molecule has 0 aliphatic rings. The van der Waals surface area contributed by atoms with Crippen LogP contribution in [-0.2, 0) is 12.7 Å². The molecule has 3 aromatic rings. The highest BCUT2D eigenvalue weighted by Gasteiger charge is 2.31. The number of nitrogens with zero attached hydrogens (tertiary/aromatic N) is 2. The van der Waals surface area contributed by atoms with E-state index in [1.165, 1.54) is 13.0 Å². The first-order valence-electron chi connectivity index (χ1n) is 7.57. The van der Waals surface area contributed by atoms with Crippen LogP contribution >= 0.6 is 11.6 Å². The molecule has 0 saturated heterocycles. The molecule has 0 aliphatic heterocycles. The normalized spacial score (nSPS) is 11.8. The maximum absolute atomic E-state index is 12.8. The fourth-order valence-corrected chi connectivity index (χ4v) is 2.77. The lowest BCUT2D eigenvalue weighted by Gasteiger charge is -2.10. The van der Waals surface area contributed by atoms with Crippen molar-refractivity contribution < 1.29 is 13.2 Å². The highest BCUT2D eigenvalue weighted by atomic mass is 35.5. The van der Waals surface area contributed by atoms with Gasteiger partial charge in [0.1, 0.15) is 0 Å². The summed E-state index contributed by atoms with van der Waals surface area (Å²) in [5.41, 5.74) is 6.02. The van der Waals surface area contributed by atoms with E-state index in [1.807, 2.05) is 0 Å². The van der Waals surface area contributed by atoms with Gasteiger partial charge in [0.2, 0.25) is 0 Å². The molecule has 26 heavy (non-hydrogen) atoms. The smallest absolute Gasteiger partial charge is 0.326 e. The first-order valence-corrected chi connectivity index (χ1v) is 7.95. The van der Waals surface area contributed by atoms with Crippen molar-refractivity contribution in [2.45, 2.75) is 19.6 Å². The molecular weight excluding hydrogens is 369 g/mol. The number of aromatic nitrogens is 3. The lowest BCUT2D eigenvalue weighted by atomic mass is 10.1. The first kappa shape index (κ1) is 18.2. The van der Waals surface area contributed by atoms with E-state index in [2.05, 4.69) is 10.1 Å². The van der Waals surface area contributed by atoms with Crippen molar-refractivity contribution in [3.8, 4) is 17.1 Å². The molecule has 0 fully saturated rings. The third-order valence-corrected chi connectivity index (χ3v) is 4.22. The van der Waals surface area contributed by atoms with Gasteiger partial charge in [-0.1, -0.05) is 17.7 Å². The molecule has 0 aliphatic carbocycles. The van der Waals surface area contributed by atoms with E-state index in [1.54, 1.807) is 18.2 Å². The monoisotopic (exact) mass is 382 g/mol. The van der Waals surface area contributed by atoms with Gasteiger partial charge in [-0.3, -0.25) is 4.98 Å². The van der Waals surface area contributed by atoms with Crippen LogP contribution in [-0.4, -0.2) is 14.8 Å². The molecule has 2 aromatic carbocycles. The topological polar surface area (TPSA) is 76.7 Å². The Morgan fingerprint density at radius 1 is 1.23 bits per heavy atom. The van der Waals surface area contributed by atoms with Crippen LogP contribution in [0.3, 0.4) is 0 Å². The summed E-state index contributed by atoms with van der Waals surface area (Å²) in [5.74, 6) is 0.203. The predicted octanol–water partition coefficient (Wildman–Crippen LogP) is 3.67. The van der Waals surface area contributed by atoms with Crippen molar-refractivity contribution in [2.24, 2.45) is 5.73 Å². The van der Waals surface area contributed by atoms with Gasteiger partial charge in [-0.25, -0.2) is 4.79 Å². The van der Waals surface area contributed by atoms with Crippen LogP contribution in [0.1, 0.15) is 16.7 Å². The summed E-state index contributed by atoms with van der Waals surface area (Å²) in [4.78, 5) is 14.8. The second-order valence-electron chi connectivity index (χ2n) is 5.71. The number of aromatic amines is 1. The molecule has 136 valence electrons. The predicted molar refractivity (Wildman–Crippen MR) is 92.3 cm³/mol. The number of rotatable bonds is 3. The van der Waals surface area contributed by atoms with Crippen molar-refractivity contribution in [1.29, 1.82) is 0 Å². The Hall–Kier alpha value is -2.58. The zero-order valence-corrected chi connectivity index (χ0v) is 14.3. The summed E-state index contributed by atoms with van der Waals surface area (Å²) >= 11 is 6.16. The van der Waals surface area contributed by atoms with Gasteiger partial charge in [-0.2, -0.15) is 17.9 Å². The Balaban J connectivity index is 2.09. The number of aryl methyl sites for hydroxylation is 1. The van der Waals surface area contributed by atoms with Crippen LogP contribution in [0.2, 0.25) is 5.02 Å². The average Bonchev–Trinajstić information content (AvgIpc) is 2.96. The summed E-state index contributed by atoms with van der Waals surface area (Å²) < 4.78 is 39.4. The fraction of sp³-hybridized carbons (Fsp3) is 0.176. The molecule has 3 N–H and O–H groups in total. The molecule has 1 aromatic heterocycles. The SMILES string of the molecule is Cc1cc(C(F)(F)F)ccc1-n1nc(-c2cc(CN)ccc2Cl)[nH]c1=O. The average molecular weight is 383 g/mol. The molecule has 5 nitrogen and oxygen atoms in total. The van der Waals surface area contributed by atoms with Crippen LogP contribution in [0.4, 0.5) is 13.2 Å². The summed E-state index contributed by atoms with van der Waals surface area (Å²) in [5, 5.41) is 4.55. The second kappa shape index (κ2) is 6.62. The summed E-state index contributed by atoms with van der Waals surface area (Å²) in [6, 6.07) is 8.18. The molecule has 0 saturated carbocycles. The van der Waals surface area contributed by atoms with Gasteiger partial charge >= 0.3 is 11.9 Å². The van der Waals surface area contributed by atoms with E-state index in [9.17, 15) is 18.0 Å². The van der Waals surface area contributed by atoms with Gasteiger partial charge in [0.25, 0.3) is 0 Å². The number of hydrogen-bond acceptors (Lipinski definition) is 3. The molecule has 0 unspecified atom stereocenters. The molecule has 0 radical (unpaired) electrons. The maximum Gasteiger partial charge on any atom is 0.416 e. The standard InChI is InChI=1S/C17H14ClF3N4O/c1-9-6-11(17(19,20)21)3-5-14(9)25-16(26)23-15(24-25)12-7-10(8-22)2-4-13(12)18/h2-7H,8,22H2,1H3,(H,23,24,26). The lowest BCUT2D eigenvalue weighted by Crippen LogP contribution is -2.17. The van der Waals surface area contributed by atoms with Crippen LogP contribution in [0.5, 0.6) is 0 Å². The largest absolute Gasteiger partial charge is 0.416 e. The third kappa shape index (κ3) is 3.38. The van der Waals surface area contributed by atoms with Gasteiger partial charge in [0.15, 0.2) is 5.82 Å². The number of alkyl halides is 3. The van der Waals surface area contributed by atoms with E-state index in [0.717, 1.165) is 22.4 Å². The van der Waals surface area contributed by atoms with E-state index < -0.39 is 17.4 Å². The first-order chi connectivity index (χ1) is 12.2. The van der Waals surface area contributed by atoms with Gasteiger partial charge in [0, 0.05) is 12.1 Å². The lowest BCUT2D eigenvalue weighted by molar-refractivity contribution is -0.137. The molecule has 0 atom stereocenters. The minimum Gasteiger partial charge on any atom is -0.326 e. The Morgan fingerprint density at radius 3 is 2.58 bits per heavy atom.